The van der Waals surface area contributed by atoms with Gasteiger partial charge in [-0.3, -0.25) is 0 Å². The van der Waals surface area contributed by atoms with Gasteiger partial charge in [0.05, 0.1) is 7.11 Å². The minimum atomic E-state index is -0.333. The van der Waals surface area contributed by atoms with E-state index in [2.05, 4.69) is 10.6 Å². The van der Waals surface area contributed by atoms with Crippen LogP contribution in [0.1, 0.15) is 16.7 Å². The lowest BCUT2D eigenvalue weighted by Crippen LogP contribution is -2.28. The average Bonchev–Trinajstić information content (AvgIpc) is 2.51. The Hall–Kier alpha value is -2.40. The van der Waals surface area contributed by atoms with Crippen LogP contribution in [0.5, 0.6) is 11.5 Å². The van der Waals surface area contributed by atoms with Crippen LogP contribution >= 0.6 is 11.6 Å². The van der Waals surface area contributed by atoms with Gasteiger partial charge in [-0.15, -0.1) is 0 Å². The van der Waals surface area contributed by atoms with Gasteiger partial charge in [-0.05, 0) is 48.7 Å². The van der Waals surface area contributed by atoms with E-state index in [0.29, 0.717) is 23.0 Å². The van der Waals surface area contributed by atoms with Gasteiger partial charge in [0.2, 0.25) is 0 Å². The number of urea groups is 1. The number of nitrogens with one attached hydrogen (secondary N) is 2. The summed E-state index contributed by atoms with van der Waals surface area (Å²) in [7, 11) is 1.48. The van der Waals surface area contributed by atoms with Crippen LogP contribution in [0.2, 0.25) is 5.02 Å². The summed E-state index contributed by atoms with van der Waals surface area (Å²) in [6.45, 7) is 4.13. The van der Waals surface area contributed by atoms with Crippen LogP contribution in [0.25, 0.3) is 0 Å². The number of ether oxygens (including phenoxy) is 1. The molecule has 0 aliphatic heterocycles. The van der Waals surface area contributed by atoms with Crippen molar-refractivity contribution in [3.63, 3.8) is 0 Å². The second kappa shape index (κ2) is 7.24. The van der Waals surface area contributed by atoms with Gasteiger partial charge in [0, 0.05) is 17.3 Å². The van der Waals surface area contributed by atoms with Crippen molar-refractivity contribution >= 4 is 23.3 Å². The highest BCUT2D eigenvalue weighted by atomic mass is 35.5. The summed E-state index contributed by atoms with van der Waals surface area (Å²) in [6, 6.07) is 8.23. The highest BCUT2D eigenvalue weighted by Gasteiger charge is 2.08. The van der Waals surface area contributed by atoms with Crippen LogP contribution in [0, 0.1) is 13.8 Å². The highest BCUT2D eigenvalue weighted by Crippen LogP contribution is 2.26. The Labute approximate surface area is 140 Å². The quantitative estimate of drug-likeness (QED) is 0.791. The molecule has 0 aliphatic carbocycles. The first-order valence-corrected chi connectivity index (χ1v) is 7.46. The van der Waals surface area contributed by atoms with Crippen LogP contribution in [0.4, 0.5) is 10.5 Å². The molecule has 2 aromatic carbocycles. The fourth-order valence-corrected chi connectivity index (χ4v) is 2.31. The lowest BCUT2D eigenvalue weighted by Gasteiger charge is -2.12. The number of benzene rings is 2. The normalized spacial score (nSPS) is 10.3. The summed E-state index contributed by atoms with van der Waals surface area (Å²) in [4.78, 5) is 12.0. The second-order valence-corrected chi connectivity index (χ2v) is 5.64. The largest absolute Gasteiger partial charge is 0.504 e. The Bertz CT molecular complexity index is 732. The van der Waals surface area contributed by atoms with E-state index >= 15 is 0 Å². The fourth-order valence-electron chi connectivity index (χ4n) is 2.14. The van der Waals surface area contributed by atoms with Gasteiger partial charge in [0.25, 0.3) is 0 Å². The minimum Gasteiger partial charge on any atom is -0.504 e. The number of carbonyl (C=O) groups is 1. The molecule has 0 aliphatic rings. The molecule has 0 radical (unpaired) electrons. The van der Waals surface area contributed by atoms with Crippen LogP contribution < -0.4 is 15.4 Å². The fraction of sp³-hybridized carbons (Fsp3) is 0.235. The molecule has 0 spiro atoms. The molecule has 3 N–H and O–H groups in total. The van der Waals surface area contributed by atoms with E-state index in [1.807, 2.05) is 19.9 Å². The Morgan fingerprint density at radius 3 is 2.65 bits per heavy atom. The molecule has 0 unspecified atom stereocenters. The molecule has 6 heteroatoms. The van der Waals surface area contributed by atoms with Crippen LogP contribution in [-0.4, -0.2) is 18.2 Å². The predicted octanol–water partition coefficient (Wildman–Crippen LogP) is 3.99. The first kappa shape index (κ1) is 17.0. The SMILES string of the molecule is COc1cc(CNC(=O)Nc2cc(Cl)c(C)cc2C)ccc1O. The number of phenols is 1. The number of rotatable bonds is 4. The van der Waals surface area contributed by atoms with Gasteiger partial charge >= 0.3 is 6.03 Å². The number of hydrogen-bond acceptors (Lipinski definition) is 3. The van der Waals surface area contributed by atoms with Gasteiger partial charge in [-0.2, -0.15) is 0 Å². The van der Waals surface area contributed by atoms with Crippen molar-refractivity contribution in [1.29, 1.82) is 0 Å². The predicted molar refractivity (Wildman–Crippen MR) is 91.4 cm³/mol. The van der Waals surface area contributed by atoms with Gasteiger partial charge in [0.15, 0.2) is 11.5 Å². The monoisotopic (exact) mass is 334 g/mol. The second-order valence-electron chi connectivity index (χ2n) is 5.23. The summed E-state index contributed by atoms with van der Waals surface area (Å²) < 4.78 is 5.04. The van der Waals surface area contributed by atoms with E-state index in [4.69, 9.17) is 16.3 Å². The lowest BCUT2D eigenvalue weighted by atomic mass is 10.1. The van der Waals surface area contributed by atoms with E-state index in [1.54, 1.807) is 18.2 Å². The number of carbonyl (C=O) groups excluding carboxylic acids is 1. The maximum atomic E-state index is 12.0. The maximum absolute atomic E-state index is 12.0. The zero-order valence-electron chi connectivity index (χ0n) is 13.2. The van der Waals surface area contributed by atoms with E-state index in [1.165, 1.54) is 13.2 Å². The molecule has 2 rings (SSSR count). The third kappa shape index (κ3) is 4.29. The number of methoxy groups -OCH3 is 1. The van der Waals surface area contributed by atoms with Crippen molar-refractivity contribution in [2.45, 2.75) is 20.4 Å². The third-order valence-electron chi connectivity index (χ3n) is 3.45. The number of aryl methyl sites for hydroxylation is 2. The molecule has 0 atom stereocenters. The average molecular weight is 335 g/mol. The van der Waals surface area contributed by atoms with E-state index in [9.17, 15) is 9.90 Å². The molecule has 2 amide bonds. The third-order valence-corrected chi connectivity index (χ3v) is 3.86. The topological polar surface area (TPSA) is 70.6 Å². The molecule has 5 nitrogen and oxygen atoms in total. The Morgan fingerprint density at radius 1 is 1.22 bits per heavy atom. The number of hydrogen-bond donors (Lipinski definition) is 3. The van der Waals surface area contributed by atoms with Crippen molar-refractivity contribution in [3.05, 3.63) is 52.0 Å². The highest BCUT2D eigenvalue weighted by molar-refractivity contribution is 6.31. The van der Waals surface area contributed by atoms with Crippen molar-refractivity contribution < 1.29 is 14.6 Å². The van der Waals surface area contributed by atoms with Gasteiger partial charge < -0.3 is 20.5 Å². The molecular formula is C17H19ClN2O3. The molecule has 0 heterocycles. The molecule has 23 heavy (non-hydrogen) atoms. The molecule has 0 aromatic heterocycles. The minimum absolute atomic E-state index is 0.0608. The van der Waals surface area contributed by atoms with Gasteiger partial charge in [-0.25, -0.2) is 4.79 Å². The number of anilines is 1. The molecule has 0 saturated carbocycles. The van der Waals surface area contributed by atoms with E-state index < -0.39 is 0 Å². The summed E-state index contributed by atoms with van der Waals surface area (Å²) in [5.74, 6) is 0.427. The van der Waals surface area contributed by atoms with Crippen molar-refractivity contribution in [2.75, 3.05) is 12.4 Å². The maximum Gasteiger partial charge on any atom is 0.319 e. The summed E-state index contributed by atoms with van der Waals surface area (Å²) in [5, 5.41) is 15.7. The number of phenolic OH excluding ortho intramolecular Hbond substituents is 1. The molecule has 0 fully saturated rings. The van der Waals surface area contributed by atoms with E-state index in [-0.39, 0.29) is 11.8 Å². The summed E-state index contributed by atoms with van der Waals surface area (Å²) in [6.07, 6.45) is 0. The first-order valence-electron chi connectivity index (χ1n) is 7.08. The van der Waals surface area contributed by atoms with Crippen LogP contribution in [-0.2, 0) is 6.54 Å². The number of aromatic hydroxyl groups is 1. The Morgan fingerprint density at radius 2 is 1.96 bits per heavy atom. The molecule has 0 saturated heterocycles. The lowest BCUT2D eigenvalue weighted by molar-refractivity contribution is 0.251. The summed E-state index contributed by atoms with van der Waals surface area (Å²) in [5.41, 5.74) is 3.38. The summed E-state index contributed by atoms with van der Waals surface area (Å²) >= 11 is 6.08. The number of halogens is 1. The Kier molecular flexibility index (Phi) is 5.34. The smallest absolute Gasteiger partial charge is 0.319 e. The van der Waals surface area contributed by atoms with Gasteiger partial charge in [-0.1, -0.05) is 23.7 Å². The zero-order chi connectivity index (χ0) is 17.0. The van der Waals surface area contributed by atoms with Crippen molar-refractivity contribution in [3.8, 4) is 11.5 Å². The van der Waals surface area contributed by atoms with Crippen LogP contribution in [0.3, 0.4) is 0 Å². The molecule has 2 aromatic rings. The number of amides is 2. The van der Waals surface area contributed by atoms with Gasteiger partial charge in [0.1, 0.15) is 0 Å². The van der Waals surface area contributed by atoms with Crippen LogP contribution in [0.15, 0.2) is 30.3 Å². The standard InChI is InChI=1S/C17H19ClN2O3/c1-10-6-11(2)14(8-13(10)18)20-17(22)19-9-12-4-5-15(21)16(7-12)23-3/h4-8,21H,9H2,1-3H3,(H2,19,20,22). The molecule has 122 valence electrons. The zero-order valence-corrected chi connectivity index (χ0v) is 14.0. The first-order chi connectivity index (χ1) is 10.9. The van der Waals surface area contributed by atoms with E-state index in [0.717, 1.165) is 16.7 Å². The van der Waals surface area contributed by atoms with Crippen molar-refractivity contribution in [1.82, 2.24) is 5.32 Å². The Balaban J connectivity index is 1.99. The van der Waals surface area contributed by atoms with Crippen molar-refractivity contribution in [2.24, 2.45) is 0 Å². The molecule has 0 bridgehead atoms. The molecular weight excluding hydrogens is 316 g/mol.